The van der Waals surface area contributed by atoms with Gasteiger partial charge in [-0.25, -0.2) is 9.24 Å². The van der Waals surface area contributed by atoms with Crippen LogP contribution < -0.4 is 15.5 Å². The third-order valence-corrected chi connectivity index (χ3v) is 5.82. The third-order valence-electron chi connectivity index (χ3n) is 5.45. The van der Waals surface area contributed by atoms with E-state index in [-0.39, 0.29) is 33.9 Å². The summed E-state index contributed by atoms with van der Waals surface area (Å²) < 4.78 is 15.0. The van der Waals surface area contributed by atoms with Gasteiger partial charge in [0.2, 0.25) is 5.91 Å². The molecule has 0 aromatic heterocycles. The number of halogens is 1. The van der Waals surface area contributed by atoms with E-state index in [2.05, 4.69) is 4.85 Å². The summed E-state index contributed by atoms with van der Waals surface area (Å²) in [4.78, 5) is 30.4. The first kappa shape index (κ1) is 22.4. The highest BCUT2D eigenvalue weighted by atomic mass is 32.1. The molecule has 2 amide bonds. The average Bonchev–Trinajstić information content (AvgIpc) is 2.89. The van der Waals surface area contributed by atoms with E-state index >= 15 is 4.39 Å². The van der Waals surface area contributed by atoms with Gasteiger partial charge in [-0.15, -0.1) is 0 Å². The Morgan fingerprint density at radius 3 is 2.45 bits per heavy atom. The van der Waals surface area contributed by atoms with Crippen molar-refractivity contribution < 1.29 is 14.0 Å². The molecule has 0 atom stereocenters. The second kappa shape index (κ2) is 8.44. The molecule has 8 heteroatoms. The van der Waals surface area contributed by atoms with Crippen LogP contribution in [0.4, 0.5) is 21.5 Å². The fraction of sp³-hybridized carbons (Fsp3) is 0.304. The van der Waals surface area contributed by atoms with Gasteiger partial charge in [0.15, 0.2) is 10.8 Å². The highest BCUT2D eigenvalue weighted by Gasteiger charge is 2.50. The molecule has 3 rings (SSSR count). The van der Waals surface area contributed by atoms with Crippen molar-refractivity contribution >= 4 is 46.2 Å². The lowest BCUT2D eigenvalue weighted by molar-refractivity contribution is -0.120. The summed E-state index contributed by atoms with van der Waals surface area (Å²) in [6, 6.07) is 10.4. The van der Waals surface area contributed by atoms with E-state index in [1.54, 1.807) is 18.7 Å². The maximum absolute atomic E-state index is 15.0. The number of carbonyl (C=O) groups excluding carboxylic acids is 2. The van der Waals surface area contributed by atoms with Crippen LogP contribution in [-0.4, -0.2) is 22.5 Å². The van der Waals surface area contributed by atoms with Crippen molar-refractivity contribution in [3.63, 3.8) is 0 Å². The number of rotatable bonds is 6. The van der Waals surface area contributed by atoms with Crippen LogP contribution in [0.5, 0.6) is 0 Å². The zero-order chi connectivity index (χ0) is 22.9. The molecule has 2 N–H and O–H groups in total. The topological polar surface area (TPSA) is 71.0 Å². The highest BCUT2D eigenvalue weighted by Crippen LogP contribution is 2.39. The minimum Gasteiger partial charge on any atom is -0.370 e. The number of benzene rings is 2. The van der Waals surface area contributed by atoms with Gasteiger partial charge in [-0.2, -0.15) is 0 Å². The van der Waals surface area contributed by atoms with Gasteiger partial charge in [0, 0.05) is 12.1 Å². The number of carbonyl (C=O) groups is 2. The van der Waals surface area contributed by atoms with Gasteiger partial charge in [0.1, 0.15) is 11.4 Å². The first-order valence-corrected chi connectivity index (χ1v) is 10.2. The second-order valence-corrected chi connectivity index (χ2v) is 8.32. The number of nitrogens with zero attached hydrogens (tertiary/aromatic N) is 3. The van der Waals surface area contributed by atoms with Gasteiger partial charge in [0.25, 0.3) is 5.91 Å². The molecule has 31 heavy (non-hydrogen) atoms. The van der Waals surface area contributed by atoms with Crippen molar-refractivity contribution in [1.82, 2.24) is 0 Å². The average molecular weight is 439 g/mol. The van der Waals surface area contributed by atoms with E-state index in [1.165, 1.54) is 24.0 Å². The van der Waals surface area contributed by atoms with E-state index in [0.29, 0.717) is 24.9 Å². The first-order chi connectivity index (χ1) is 14.6. The summed E-state index contributed by atoms with van der Waals surface area (Å²) in [7, 11) is 0. The molecule has 1 aliphatic heterocycles. The fourth-order valence-electron chi connectivity index (χ4n) is 3.67. The lowest BCUT2D eigenvalue weighted by Gasteiger charge is -2.29. The summed E-state index contributed by atoms with van der Waals surface area (Å²) >= 11 is 5.60. The molecule has 0 unspecified atom stereocenters. The van der Waals surface area contributed by atoms with Crippen LogP contribution >= 0.6 is 12.2 Å². The Bertz CT molecular complexity index is 1110. The number of aryl methyl sites for hydroxylation is 1. The molecular formula is C23H23FN4O2S. The normalized spacial score (nSPS) is 15.3. The molecule has 1 fully saturated rings. The number of primary amides is 1. The Hall–Kier alpha value is -3.31. The zero-order valence-corrected chi connectivity index (χ0v) is 18.4. The van der Waals surface area contributed by atoms with E-state index in [1.807, 2.05) is 24.3 Å². The molecule has 160 valence electrons. The molecule has 0 saturated carbocycles. The Morgan fingerprint density at radius 1 is 1.23 bits per heavy atom. The SMILES string of the molecule is [C-]#[N+]c1ccc(N2C(=O)C(C)(C)N(c3ccc(CCCC(N)=O)cc3)C2=S)c(F)c1C. The summed E-state index contributed by atoms with van der Waals surface area (Å²) in [6.45, 7) is 12.1. The number of hydrogen-bond acceptors (Lipinski definition) is 3. The van der Waals surface area contributed by atoms with Crippen LogP contribution in [0.15, 0.2) is 36.4 Å². The Kier molecular flexibility index (Phi) is 6.09. The second-order valence-electron chi connectivity index (χ2n) is 7.96. The molecular weight excluding hydrogens is 415 g/mol. The van der Waals surface area contributed by atoms with Gasteiger partial charge in [-0.05, 0) is 75.2 Å². The van der Waals surface area contributed by atoms with Gasteiger partial charge in [-0.3, -0.25) is 14.5 Å². The number of hydrogen-bond donors (Lipinski definition) is 1. The predicted molar refractivity (Wildman–Crippen MR) is 123 cm³/mol. The van der Waals surface area contributed by atoms with Crippen LogP contribution in [0.1, 0.15) is 37.8 Å². The summed E-state index contributed by atoms with van der Waals surface area (Å²) in [5.41, 5.74) is 6.32. The van der Waals surface area contributed by atoms with Crippen LogP contribution in [0.25, 0.3) is 4.85 Å². The highest BCUT2D eigenvalue weighted by molar-refractivity contribution is 7.81. The summed E-state index contributed by atoms with van der Waals surface area (Å²) in [6.07, 6.45) is 1.69. The Labute approximate surface area is 186 Å². The number of anilines is 2. The maximum Gasteiger partial charge on any atom is 0.259 e. The number of thiocarbonyl (C=S) groups is 1. The third kappa shape index (κ3) is 4.01. The number of amides is 2. The van der Waals surface area contributed by atoms with Gasteiger partial charge in [0.05, 0.1) is 12.3 Å². The van der Waals surface area contributed by atoms with E-state index in [0.717, 1.165) is 5.56 Å². The van der Waals surface area contributed by atoms with Crippen LogP contribution in [0.3, 0.4) is 0 Å². The Balaban J connectivity index is 1.92. The quantitative estimate of drug-likeness (QED) is 0.536. The molecule has 0 bridgehead atoms. The smallest absolute Gasteiger partial charge is 0.259 e. The van der Waals surface area contributed by atoms with Gasteiger partial charge < -0.3 is 10.6 Å². The lowest BCUT2D eigenvalue weighted by atomic mass is 10.0. The minimum absolute atomic E-state index is 0.0403. The fourth-order valence-corrected chi connectivity index (χ4v) is 4.19. The largest absolute Gasteiger partial charge is 0.370 e. The number of nitrogens with two attached hydrogens (primary N) is 1. The molecule has 0 spiro atoms. The predicted octanol–water partition coefficient (Wildman–Crippen LogP) is 4.41. The molecule has 0 radical (unpaired) electrons. The van der Waals surface area contributed by atoms with Gasteiger partial charge in [-0.1, -0.05) is 18.2 Å². The van der Waals surface area contributed by atoms with Crippen molar-refractivity contribution in [2.75, 3.05) is 9.80 Å². The molecule has 1 heterocycles. The zero-order valence-electron chi connectivity index (χ0n) is 17.6. The minimum atomic E-state index is -1.02. The van der Waals surface area contributed by atoms with Crippen LogP contribution in [0, 0.1) is 19.3 Å². The Morgan fingerprint density at radius 2 is 1.87 bits per heavy atom. The lowest BCUT2D eigenvalue weighted by Crippen LogP contribution is -2.44. The van der Waals surface area contributed by atoms with E-state index in [9.17, 15) is 9.59 Å². The summed E-state index contributed by atoms with van der Waals surface area (Å²) in [5, 5.41) is 0.172. The molecule has 1 saturated heterocycles. The van der Waals surface area contributed by atoms with Crippen LogP contribution in [-0.2, 0) is 16.0 Å². The maximum atomic E-state index is 15.0. The van der Waals surface area contributed by atoms with E-state index in [4.69, 9.17) is 24.5 Å². The van der Waals surface area contributed by atoms with Crippen LogP contribution in [0.2, 0.25) is 0 Å². The van der Waals surface area contributed by atoms with Crippen molar-refractivity contribution in [3.05, 3.63) is 64.8 Å². The first-order valence-electron chi connectivity index (χ1n) is 9.82. The standard InChI is InChI=1S/C23H23FN4O2S/c1-14-17(26-4)12-13-18(20(14)24)27-21(30)23(2,3)28(22(27)31)16-10-8-15(9-11-16)6-5-7-19(25)29/h8-13H,5-7H2,1-3H3,(H2,25,29). The molecule has 2 aromatic rings. The van der Waals surface area contributed by atoms with Gasteiger partial charge >= 0.3 is 0 Å². The monoisotopic (exact) mass is 438 g/mol. The van der Waals surface area contributed by atoms with Crippen molar-refractivity contribution in [3.8, 4) is 0 Å². The van der Waals surface area contributed by atoms with Crippen molar-refractivity contribution in [2.24, 2.45) is 5.73 Å². The van der Waals surface area contributed by atoms with Crippen molar-refractivity contribution in [1.29, 1.82) is 0 Å². The molecule has 2 aromatic carbocycles. The van der Waals surface area contributed by atoms with E-state index < -0.39 is 11.4 Å². The molecule has 1 aliphatic rings. The molecule has 6 nitrogen and oxygen atoms in total. The molecule has 0 aliphatic carbocycles. The summed E-state index contributed by atoms with van der Waals surface area (Å²) in [5.74, 6) is -1.31. The van der Waals surface area contributed by atoms with Crippen molar-refractivity contribution in [2.45, 2.75) is 45.6 Å².